The van der Waals surface area contributed by atoms with Crippen LogP contribution in [0.2, 0.25) is 0 Å². The number of alkyl halides is 6. The third-order valence-electron chi connectivity index (χ3n) is 6.53. The van der Waals surface area contributed by atoms with Crippen LogP contribution in [0, 0.1) is 23.3 Å². The fraction of sp³-hybridized carbons (Fsp3) is 0.200. The minimum atomic E-state index is -6.26. The number of anilines is 1. The van der Waals surface area contributed by atoms with Gasteiger partial charge in [0.1, 0.15) is 23.8 Å². The van der Waals surface area contributed by atoms with E-state index in [4.69, 9.17) is 0 Å². The van der Waals surface area contributed by atoms with Gasteiger partial charge in [0.2, 0.25) is 0 Å². The third kappa shape index (κ3) is 4.82. The van der Waals surface area contributed by atoms with Gasteiger partial charge in [0, 0.05) is 24.6 Å². The van der Waals surface area contributed by atoms with E-state index >= 15 is 0 Å². The lowest BCUT2D eigenvalue weighted by atomic mass is 9.89. The Kier molecular flexibility index (Phi) is 6.95. The van der Waals surface area contributed by atoms with Crippen LogP contribution in [0.3, 0.4) is 0 Å². The first-order valence-corrected chi connectivity index (χ1v) is 11.6. The Hall–Kier alpha value is -4.54. The maximum absolute atomic E-state index is 14.9. The van der Waals surface area contributed by atoms with Crippen molar-refractivity contribution in [2.75, 3.05) is 5.01 Å². The molecular formula is C25H14F10N6O. The fourth-order valence-electron chi connectivity index (χ4n) is 4.49. The summed E-state index contributed by atoms with van der Waals surface area (Å²) in [6.45, 7) is 0. The van der Waals surface area contributed by atoms with Gasteiger partial charge >= 0.3 is 12.4 Å². The van der Waals surface area contributed by atoms with E-state index in [0.29, 0.717) is 17.1 Å². The van der Waals surface area contributed by atoms with Crippen LogP contribution in [0.15, 0.2) is 66.0 Å². The Bertz CT molecular complexity index is 1610. The molecular weight excluding hydrogens is 590 g/mol. The first kappa shape index (κ1) is 29.0. The molecule has 7 nitrogen and oxygen atoms in total. The van der Waals surface area contributed by atoms with E-state index in [1.54, 1.807) is 0 Å². The maximum atomic E-state index is 14.9. The summed E-state index contributed by atoms with van der Waals surface area (Å²) in [6.07, 6.45) is -12.6. The van der Waals surface area contributed by atoms with Gasteiger partial charge in [-0.05, 0) is 33.7 Å². The molecule has 1 aliphatic rings. The van der Waals surface area contributed by atoms with Gasteiger partial charge in [0.15, 0.2) is 5.82 Å². The smallest absolute Gasteiger partial charge is 0.369 e. The normalized spacial score (nSPS) is 16.2. The highest BCUT2D eigenvalue weighted by atomic mass is 19.4. The van der Waals surface area contributed by atoms with E-state index < -0.39 is 70.6 Å². The summed E-state index contributed by atoms with van der Waals surface area (Å²) in [4.78, 5) is 0. The van der Waals surface area contributed by atoms with E-state index in [9.17, 15) is 49.0 Å². The number of benzene rings is 3. The molecule has 0 spiro atoms. The van der Waals surface area contributed by atoms with Crippen LogP contribution in [-0.4, -0.2) is 49.0 Å². The van der Waals surface area contributed by atoms with Crippen molar-refractivity contribution in [3.63, 3.8) is 0 Å². The van der Waals surface area contributed by atoms with Gasteiger partial charge < -0.3 is 5.11 Å². The van der Waals surface area contributed by atoms with Gasteiger partial charge in [-0.25, -0.2) is 22.2 Å². The molecule has 1 aliphatic heterocycles. The standard InChI is InChI=1S/C25H14F10N6O/c26-14-5-6-19(16(27)7-14)41-20(10-21(37-41)23(42,24(30,31)32)25(33,34)35)12-1-3-13(4-2-12)22-17(28)8-15(9-18(22)29)40-11-36-38-39-40/h1-9,11,20,42H,10H2. The Morgan fingerprint density at radius 1 is 0.786 bits per heavy atom. The van der Waals surface area contributed by atoms with Crippen LogP contribution in [0.1, 0.15) is 18.0 Å². The largest absolute Gasteiger partial charge is 0.431 e. The zero-order valence-electron chi connectivity index (χ0n) is 20.5. The molecule has 3 aromatic carbocycles. The summed E-state index contributed by atoms with van der Waals surface area (Å²) in [5.41, 5.74) is -8.59. The number of hydrazone groups is 1. The molecule has 0 radical (unpaired) electrons. The summed E-state index contributed by atoms with van der Waals surface area (Å²) < 4.78 is 141. The van der Waals surface area contributed by atoms with Gasteiger partial charge in [-0.3, -0.25) is 5.01 Å². The van der Waals surface area contributed by atoms with Gasteiger partial charge in [0.25, 0.3) is 5.60 Å². The highest BCUT2D eigenvalue weighted by Gasteiger charge is 2.74. The van der Waals surface area contributed by atoms with Crippen molar-refractivity contribution in [3.05, 3.63) is 89.8 Å². The minimum absolute atomic E-state index is 0.0511. The van der Waals surface area contributed by atoms with Gasteiger partial charge in [-0.1, -0.05) is 24.3 Å². The van der Waals surface area contributed by atoms with Crippen LogP contribution in [0.4, 0.5) is 49.6 Å². The molecule has 2 heterocycles. The predicted octanol–water partition coefficient (Wildman–Crippen LogP) is 6.05. The lowest BCUT2D eigenvalue weighted by Gasteiger charge is -2.32. The van der Waals surface area contributed by atoms with Gasteiger partial charge in [-0.2, -0.15) is 31.4 Å². The van der Waals surface area contributed by atoms with Crippen molar-refractivity contribution >= 4 is 11.4 Å². The van der Waals surface area contributed by atoms with Crippen molar-refractivity contribution in [2.24, 2.45) is 5.10 Å². The van der Waals surface area contributed by atoms with Gasteiger partial charge in [0.05, 0.1) is 28.7 Å². The maximum Gasteiger partial charge on any atom is 0.431 e. The summed E-state index contributed by atoms with van der Waals surface area (Å²) in [6, 6.07) is 6.57. The van der Waals surface area contributed by atoms with Crippen LogP contribution in [0.25, 0.3) is 16.8 Å². The number of tetrazole rings is 1. The summed E-state index contributed by atoms with van der Waals surface area (Å²) >= 11 is 0. The Morgan fingerprint density at radius 2 is 1.40 bits per heavy atom. The highest BCUT2D eigenvalue weighted by Crippen LogP contribution is 2.49. The van der Waals surface area contributed by atoms with Crippen molar-refractivity contribution in [1.29, 1.82) is 0 Å². The van der Waals surface area contributed by atoms with Crippen LogP contribution < -0.4 is 5.01 Å². The number of rotatable bonds is 5. The summed E-state index contributed by atoms with van der Waals surface area (Å²) in [7, 11) is 0. The molecule has 0 saturated carbocycles. The summed E-state index contributed by atoms with van der Waals surface area (Å²) in [5.74, 6) is -4.54. The molecule has 1 unspecified atom stereocenters. The van der Waals surface area contributed by atoms with E-state index in [0.717, 1.165) is 53.5 Å². The number of aromatic nitrogens is 4. The second-order valence-electron chi connectivity index (χ2n) is 9.07. The van der Waals surface area contributed by atoms with Crippen LogP contribution in [-0.2, 0) is 0 Å². The SMILES string of the molecule is OC(C1=NN(c2ccc(F)cc2F)C(c2ccc(-c3c(F)cc(-n4cnnn4)cc3F)cc2)C1)(C(F)(F)F)C(F)(F)F. The molecule has 4 aromatic rings. The lowest BCUT2D eigenvalue weighted by molar-refractivity contribution is -0.338. The molecule has 1 N–H and O–H groups in total. The van der Waals surface area contributed by atoms with E-state index in [2.05, 4.69) is 20.6 Å². The zero-order valence-corrected chi connectivity index (χ0v) is 20.5. The molecule has 0 bridgehead atoms. The average Bonchev–Trinajstić information content (AvgIpc) is 3.58. The second-order valence-corrected chi connectivity index (χ2v) is 9.07. The van der Waals surface area contributed by atoms with E-state index in [1.165, 1.54) is 0 Å². The molecule has 42 heavy (non-hydrogen) atoms. The number of aliphatic hydroxyl groups is 1. The van der Waals surface area contributed by atoms with Crippen LogP contribution >= 0.6 is 0 Å². The second kappa shape index (κ2) is 10.1. The van der Waals surface area contributed by atoms with Gasteiger partial charge in [-0.15, -0.1) is 5.10 Å². The number of nitrogens with zero attached hydrogens (tertiary/aromatic N) is 6. The molecule has 0 aliphatic carbocycles. The quantitative estimate of drug-likeness (QED) is 0.281. The Labute approximate surface area is 228 Å². The van der Waals surface area contributed by atoms with E-state index in [-0.39, 0.29) is 16.8 Å². The first-order chi connectivity index (χ1) is 19.6. The molecule has 0 saturated heterocycles. The topological polar surface area (TPSA) is 79.4 Å². The molecule has 1 atom stereocenters. The monoisotopic (exact) mass is 604 g/mol. The zero-order chi connectivity index (χ0) is 30.6. The first-order valence-electron chi connectivity index (χ1n) is 11.6. The van der Waals surface area contributed by atoms with Crippen molar-refractivity contribution in [2.45, 2.75) is 30.4 Å². The number of hydrogen-bond acceptors (Lipinski definition) is 6. The Balaban J connectivity index is 1.56. The molecule has 5 rings (SSSR count). The summed E-state index contributed by atoms with van der Waals surface area (Å²) in [5, 5.41) is 23.9. The van der Waals surface area contributed by atoms with E-state index in [1.807, 2.05) is 0 Å². The highest BCUT2D eigenvalue weighted by molar-refractivity contribution is 5.97. The molecule has 220 valence electrons. The molecule has 0 amide bonds. The van der Waals surface area contributed by atoms with Crippen molar-refractivity contribution < 1.29 is 49.0 Å². The molecule has 1 aromatic heterocycles. The van der Waals surface area contributed by atoms with Crippen LogP contribution in [0.5, 0.6) is 0 Å². The third-order valence-corrected chi connectivity index (χ3v) is 6.53. The fourth-order valence-corrected chi connectivity index (χ4v) is 4.49. The molecule has 17 heteroatoms. The average molecular weight is 604 g/mol. The Morgan fingerprint density at radius 3 is 1.93 bits per heavy atom. The minimum Gasteiger partial charge on any atom is -0.369 e. The number of halogens is 10. The predicted molar refractivity (Wildman–Crippen MR) is 125 cm³/mol. The van der Waals surface area contributed by atoms with Crippen molar-refractivity contribution in [3.8, 4) is 16.8 Å². The lowest BCUT2D eigenvalue weighted by Crippen LogP contribution is -2.62. The van der Waals surface area contributed by atoms with Crippen molar-refractivity contribution in [1.82, 2.24) is 20.2 Å². The molecule has 0 fully saturated rings. The number of hydrogen-bond donors (Lipinski definition) is 1.